The molecule has 0 saturated carbocycles. The second kappa shape index (κ2) is 9.03. The first-order valence-corrected chi connectivity index (χ1v) is 8.84. The summed E-state index contributed by atoms with van der Waals surface area (Å²) in [7, 11) is 5.03. The van der Waals surface area contributed by atoms with Gasteiger partial charge in [0, 0.05) is 26.2 Å². The van der Waals surface area contributed by atoms with E-state index in [0.29, 0.717) is 24.9 Å². The van der Waals surface area contributed by atoms with Crippen LogP contribution in [-0.4, -0.2) is 37.0 Å². The number of nitrogens with zero attached hydrogens (tertiary/aromatic N) is 3. The van der Waals surface area contributed by atoms with Gasteiger partial charge in [0.2, 0.25) is 5.89 Å². The molecule has 0 unspecified atom stereocenters. The van der Waals surface area contributed by atoms with Crippen LogP contribution in [0.4, 0.5) is 4.39 Å². The standard InChI is InChI=1S/C21H23FN4O2/c1-23-21(26(2)13-15-9-10-19(27-3)18(22)11-15)24-12-17-14-28-20(25-17)16-7-5-4-6-8-16/h4-11,14H,12-13H2,1-3H3,(H,23,24). The van der Waals surface area contributed by atoms with E-state index < -0.39 is 0 Å². The van der Waals surface area contributed by atoms with Gasteiger partial charge in [0.25, 0.3) is 0 Å². The molecule has 0 aliphatic heterocycles. The number of aliphatic imine (C=N–C) groups is 1. The number of ether oxygens (including phenoxy) is 1. The zero-order valence-electron chi connectivity index (χ0n) is 16.1. The fourth-order valence-corrected chi connectivity index (χ4v) is 2.81. The van der Waals surface area contributed by atoms with Gasteiger partial charge in [-0.05, 0) is 29.8 Å². The Hall–Kier alpha value is -3.35. The number of hydrogen-bond acceptors (Lipinski definition) is 4. The first-order chi connectivity index (χ1) is 13.6. The number of rotatable bonds is 6. The summed E-state index contributed by atoms with van der Waals surface area (Å²) in [4.78, 5) is 10.7. The van der Waals surface area contributed by atoms with Crippen LogP contribution in [0.1, 0.15) is 11.3 Å². The van der Waals surface area contributed by atoms with Crippen molar-refractivity contribution in [1.82, 2.24) is 15.2 Å². The van der Waals surface area contributed by atoms with E-state index in [1.165, 1.54) is 13.2 Å². The maximum absolute atomic E-state index is 13.9. The van der Waals surface area contributed by atoms with Gasteiger partial charge < -0.3 is 19.4 Å². The van der Waals surface area contributed by atoms with Crippen LogP contribution in [0, 0.1) is 5.82 Å². The minimum absolute atomic E-state index is 0.231. The van der Waals surface area contributed by atoms with Crippen LogP contribution < -0.4 is 10.1 Å². The SMILES string of the molecule is CN=C(NCc1coc(-c2ccccc2)n1)N(C)Cc1ccc(OC)c(F)c1. The maximum atomic E-state index is 13.9. The van der Waals surface area contributed by atoms with Crippen molar-refractivity contribution in [1.29, 1.82) is 0 Å². The Labute approximate surface area is 163 Å². The van der Waals surface area contributed by atoms with Gasteiger partial charge in [-0.1, -0.05) is 24.3 Å². The number of hydrogen-bond donors (Lipinski definition) is 1. The van der Waals surface area contributed by atoms with Gasteiger partial charge in [-0.3, -0.25) is 4.99 Å². The van der Waals surface area contributed by atoms with Crippen molar-refractivity contribution >= 4 is 5.96 Å². The molecule has 7 heteroatoms. The molecule has 0 aliphatic rings. The van der Waals surface area contributed by atoms with E-state index in [0.717, 1.165) is 16.8 Å². The van der Waals surface area contributed by atoms with Crippen molar-refractivity contribution in [2.24, 2.45) is 4.99 Å². The summed E-state index contributed by atoms with van der Waals surface area (Å²) in [6.07, 6.45) is 1.63. The maximum Gasteiger partial charge on any atom is 0.226 e. The first kappa shape index (κ1) is 19.4. The Balaban J connectivity index is 1.60. The van der Waals surface area contributed by atoms with Gasteiger partial charge in [-0.25, -0.2) is 9.37 Å². The summed E-state index contributed by atoms with van der Waals surface area (Å²) >= 11 is 0. The molecule has 0 amide bonds. The highest BCUT2D eigenvalue weighted by molar-refractivity contribution is 5.79. The molecule has 6 nitrogen and oxygen atoms in total. The van der Waals surface area contributed by atoms with Gasteiger partial charge in [0.05, 0.1) is 19.3 Å². The van der Waals surface area contributed by atoms with Crippen LogP contribution in [0.15, 0.2) is 64.2 Å². The second-order valence-corrected chi connectivity index (χ2v) is 6.24. The highest BCUT2D eigenvalue weighted by atomic mass is 19.1. The molecule has 1 aromatic heterocycles. The van der Waals surface area contributed by atoms with Crippen molar-refractivity contribution in [2.45, 2.75) is 13.1 Å². The number of nitrogens with one attached hydrogen (secondary N) is 1. The van der Waals surface area contributed by atoms with E-state index in [2.05, 4.69) is 15.3 Å². The van der Waals surface area contributed by atoms with Crippen LogP contribution in [0.25, 0.3) is 11.5 Å². The van der Waals surface area contributed by atoms with Crippen LogP contribution in [0.2, 0.25) is 0 Å². The molecule has 146 valence electrons. The molecular formula is C21H23FN4O2. The van der Waals surface area contributed by atoms with Gasteiger partial charge >= 0.3 is 0 Å². The molecule has 0 saturated heterocycles. The van der Waals surface area contributed by atoms with Gasteiger partial charge in [-0.2, -0.15) is 0 Å². The predicted octanol–water partition coefficient (Wildman–Crippen LogP) is 3.70. The van der Waals surface area contributed by atoms with Crippen LogP contribution in [-0.2, 0) is 13.1 Å². The lowest BCUT2D eigenvalue weighted by Gasteiger charge is -2.22. The fourth-order valence-electron chi connectivity index (χ4n) is 2.81. The Morgan fingerprint density at radius 2 is 2.04 bits per heavy atom. The summed E-state index contributed by atoms with van der Waals surface area (Å²) in [6.45, 7) is 0.957. The third-order valence-corrected chi connectivity index (χ3v) is 4.21. The number of oxazole rings is 1. The highest BCUT2D eigenvalue weighted by Crippen LogP contribution is 2.19. The van der Waals surface area contributed by atoms with Gasteiger partial charge in [0.1, 0.15) is 6.26 Å². The van der Waals surface area contributed by atoms with Crippen LogP contribution >= 0.6 is 0 Å². The molecule has 1 heterocycles. The monoisotopic (exact) mass is 382 g/mol. The van der Waals surface area contributed by atoms with Crippen molar-refractivity contribution in [3.8, 4) is 17.2 Å². The average Bonchev–Trinajstić information content (AvgIpc) is 3.18. The van der Waals surface area contributed by atoms with E-state index in [1.54, 1.807) is 19.4 Å². The molecule has 0 bridgehead atoms. The second-order valence-electron chi connectivity index (χ2n) is 6.24. The highest BCUT2D eigenvalue weighted by Gasteiger charge is 2.11. The molecule has 2 aromatic carbocycles. The minimum atomic E-state index is -0.382. The molecule has 0 atom stereocenters. The van der Waals surface area contributed by atoms with Crippen molar-refractivity contribution in [3.63, 3.8) is 0 Å². The normalized spacial score (nSPS) is 11.4. The number of halogens is 1. The van der Waals surface area contributed by atoms with Crippen molar-refractivity contribution < 1.29 is 13.5 Å². The lowest BCUT2D eigenvalue weighted by molar-refractivity contribution is 0.385. The zero-order chi connectivity index (χ0) is 19.9. The van der Waals surface area contributed by atoms with E-state index in [4.69, 9.17) is 9.15 Å². The smallest absolute Gasteiger partial charge is 0.226 e. The minimum Gasteiger partial charge on any atom is -0.494 e. The average molecular weight is 382 g/mol. The van der Waals surface area contributed by atoms with Crippen molar-refractivity contribution in [3.05, 3.63) is 71.9 Å². The zero-order valence-corrected chi connectivity index (χ0v) is 16.1. The molecular weight excluding hydrogens is 359 g/mol. The van der Waals surface area contributed by atoms with Gasteiger partial charge in [0.15, 0.2) is 17.5 Å². The Morgan fingerprint density at radius 3 is 2.71 bits per heavy atom. The molecule has 0 radical (unpaired) electrons. The summed E-state index contributed by atoms with van der Waals surface area (Å²) < 4.78 is 24.4. The Bertz CT molecular complexity index is 941. The molecule has 3 rings (SSSR count). The topological polar surface area (TPSA) is 62.9 Å². The van der Waals surface area contributed by atoms with E-state index in [9.17, 15) is 4.39 Å². The summed E-state index contributed by atoms with van der Waals surface area (Å²) in [5.41, 5.74) is 2.51. The third kappa shape index (κ3) is 4.68. The van der Waals surface area contributed by atoms with E-state index >= 15 is 0 Å². The summed E-state index contributed by atoms with van der Waals surface area (Å²) in [5, 5.41) is 3.24. The molecule has 28 heavy (non-hydrogen) atoms. The molecule has 3 aromatic rings. The third-order valence-electron chi connectivity index (χ3n) is 4.21. The number of guanidine groups is 1. The molecule has 0 fully saturated rings. The number of aromatic nitrogens is 1. The van der Waals surface area contributed by atoms with Crippen LogP contribution in [0.5, 0.6) is 5.75 Å². The fraction of sp³-hybridized carbons (Fsp3) is 0.238. The largest absolute Gasteiger partial charge is 0.494 e. The molecule has 0 spiro atoms. The van der Waals surface area contributed by atoms with Crippen molar-refractivity contribution in [2.75, 3.05) is 21.2 Å². The quantitative estimate of drug-likeness (QED) is 0.520. The summed E-state index contributed by atoms with van der Waals surface area (Å²) in [6, 6.07) is 14.6. The molecule has 1 N–H and O–H groups in total. The van der Waals surface area contributed by atoms with Gasteiger partial charge in [-0.15, -0.1) is 0 Å². The number of benzene rings is 2. The van der Waals surface area contributed by atoms with E-state index in [-0.39, 0.29) is 11.6 Å². The number of methoxy groups -OCH3 is 1. The lowest BCUT2D eigenvalue weighted by atomic mass is 10.2. The Morgan fingerprint density at radius 1 is 1.25 bits per heavy atom. The summed E-state index contributed by atoms with van der Waals surface area (Å²) in [5.74, 6) is 1.09. The lowest BCUT2D eigenvalue weighted by Crippen LogP contribution is -2.38. The Kier molecular flexibility index (Phi) is 6.26. The predicted molar refractivity (Wildman–Crippen MR) is 107 cm³/mol. The first-order valence-electron chi connectivity index (χ1n) is 8.84. The van der Waals surface area contributed by atoms with Crippen LogP contribution in [0.3, 0.4) is 0 Å². The molecule has 0 aliphatic carbocycles. The van der Waals surface area contributed by atoms with E-state index in [1.807, 2.05) is 48.3 Å².